The highest BCUT2D eigenvalue weighted by Gasteiger charge is 2.15. The maximum atomic E-state index is 13.3. The summed E-state index contributed by atoms with van der Waals surface area (Å²) in [5.41, 5.74) is 14.9. The summed E-state index contributed by atoms with van der Waals surface area (Å²) in [6, 6.07) is 19.7. The minimum Gasteiger partial charge on any atom is -0.496 e. The third-order valence-corrected chi connectivity index (χ3v) is 5.21. The van der Waals surface area contributed by atoms with Crippen molar-refractivity contribution in [2.75, 3.05) is 18.2 Å². The molecule has 0 spiro atoms. The molecule has 0 fully saturated rings. The van der Waals surface area contributed by atoms with E-state index in [9.17, 15) is 9.59 Å². The SMILES string of the molecule is COc1cc(N/C(=C\C(=O)c2ccc(N)cc2OCc2ccccc2)CC(C)C)ccc1C(N)=O. The molecule has 0 aliphatic carbocycles. The van der Waals surface area contributed by atoms with Crippen molar-refractivity contribution in [1.29, 1.82) is 0 Å². The van der Waals surface area contributed by atoms with Crippen LogP contribution < -0.4 is 26.3 Å². The predicted molar refractivity (Wildman–Crippen MR) is 139 cm³/mol. The van der Waals surface area contributed by atoms with Crippen LogP contribution in [0.1, 0.15) is 46.5 Å². The second-order valence-corrected chi connectivity index (χ2v) is 8.57. The van der Waals surface area contributed by atoms with Crippen molar-refractivity contribution in [1.82, 2.24) is 0 Å². The average molecular weight is 474 g/mol. The van der Waals surface area contributed by atoms with Crippen LogP contribution in [0, 0.1) is 5.92 Å². The molecule has 0 aliphatic heterocycles. The highest BCUT2D eigenvalue weighted by atomic mass is 16.5. The van der Waals surface area contributed by atoms with Gasteiger partial charge in [0.05, 0.1) is 18.2 Å². The van der Waals surface area contributed by atoms with Crippen molar-refractivity contribution < 1.29 is 19.1 Å². The van der Waals surface area contributed by atoms with Gasteiger partial charge in [0.2, 0.25) is 0 Å². The van der Waals surface area contributed by atoms with Crippen LogP contribution in [0.25, 0.3) is 0 Å². The van der Waals surface area contributed by atoms with Crippen LogP contribution in [0.15, 0.2) is 78.5 Å². The molecule has 35 heavy (non-hydrogen) atoms. The quantitative estimate of drug-likeness (QED) is 0.201. The lowest BCUT2D eigenvalue weighted by atomic mass is 10.0. The van der Waals surface area contributed by atoms with Crippen LogP contribution in [0.2, 0.25) is 0 Å². The number of nitrogens with one attached hydrogen (secondary N) is 1. The van der Waals surface area contributed by atoms with E-state index in [-0.39, 0.29) is 17.3 Å². The molecule has 7 heteroatoms. The van der Waals surface area contributed by atoms with Crippen molar-refractivity contribution in [2.24, 2.45) is 11.7 Å². The summed E-state index contributed by atoms with van der Waals surface area (Å²) in [4.78, 5) is 24.9. The molecule has 0 saturated heterocycles. The number of rotatable bonds is 11. The van der Waals surface area contributed by atoms with E-state index in [1.165, 1.54) is 7.11 Å². The number of hydrogen-bond acceptors (Lipinski definition) is 6. The smallest absolute Gasteiger partial charge is 0.252 e. The zero-order chi connectivity index (χ0) is 25.4. The standard InChI is InChI=1S/C28H31N3O4/c1-18(2)13-22(31-21-10-12-24(28(30)33)26(16-21)34-3)15-25(32)23-11-9-20(29)14-27(23)35-17-19-7-5-4-6-8-19/h4-12,14-16,18,31H,13,17,29H2,1-3H3,(H2,30,33)/b22-15-. The van der Waals surface area contributed by atoms with Gasteiger partial charge in [-0.3, -0.25) is 9.59 Å². The summed E-state index contributed by atoms with van der Waals surface area (Å²) in [6.07, 6.45) is 2.19. The summed E-state index contributed by atoms with van der Waals surface area (Å²) in [5.74, 6) is 0.276. The van der Waals surface area contributed by atoms with Crippen LogP contribution in [0.5, 0.6) is 11.5 Å². The van der Waals surface area contributed by atoms with E-state index in [2.05, 4.69) is 19.2 Å². The Balaban J connectivity index is 1.88. The number of methoxy groups -OCH3 is 1. The lowest BCUT2D eigenvalue weighted by molar-refractivity contribution is 0.0995. The number of amides is 1. The molecule has 3 aromatic rings. The van der Waals surface area contributed by atoms with Crippen molar-refractivity contribution in [3.05, 3.63) is 95.2 Å². The number of carbonyl (C=O) groups is 2. The first kappa shape index (κ1) is 25.4. The van der Waals surface area contributed by atoms with E-state index < -0.39 is 5.91 Å². The van der Waals surface area contributed by atoms with E-state index in [0.29, 0.717) is 47.2 Å². The maximum Gasteiger partial charge on any atom is 0.252 e. The normalized spacial score (nSPS) is 11.3. The first-order chi connectivity index (χ1) is 16.8. The Morgan fingerprint density at radius 3 is 2.34 bits per heavy atom. The summed E-state index contributed by atoms with van der Waals surface area (Å²) < 4.78 is 11.3. The Morgan fingerprint density at radius 2 is 1.69 bits per heavy atom. The first-order valence-corrected chi connectivity index (χ1v) is 11.3. The second-order valence-electron chi connectivity index (χ2n) is 8.57. The summed E-state index contributed by atoms with van der Waals surface area (Å²) >= 11 is 0. The average Bonchev–Trinajstić information content (AvgIpc) is 2.82. The number of ketones is 1. The molecule has 3 rings (SSSR count). The summed E-state index contributed by atoms with van der Waals surface area (Å²) in [7, 11) is 1.47. The number of allylic oxidation sites excluding steroid dienone is 2. The molecule has 7 nitrogen and oxygen atoms in total. The topological polar surface area (TPSA) is 117 Å². The molecule has 0 bridgehead atoms. The van der Waals surface area contributed by atoms with Crippen molar-refractivity contribution in [3.8, 4) is 11.5 Å². The van der Waals surface area contributed by atoms with Gasteiger partial charge in [-0.15, -0.1) is 0 Å². The minimum atomic E-state index is -0.576. The zero-order valence-electron chi connectivity index (χ0n) is 20.2. The molecule has 0 heterocycles. The number of anilines is 2. The Hall–Kier alpha value is -4.26. The fourth-order valence-corrected chi connectivity index (χ4v) is 3.58. The molecule has 5 N–H and O–H groups in total. The van der Waals surface area contributed by atoms with Crippen LogP contribution in [0.4, 0.5) is 11.4 Å². The molecule has 0 saturated carbocycles. The third-order valence-electron chi connectivity index (χ3n) is 5.21. The van der Waals surface area contributed by atoms with E-state index in [4.69, 9.17) is 20.9 Å². The van der Waals surface area contributed by atoms with E-state index in [0.717, 1.165) is 5.56 Å². The summed E-state index contributed by atoms with van der Waals surface area (Å²) in [6.45, 7) is 4.44. The van der Waals surface area contributed by atoms with Gasteiger partial charge in [0, 0.05) is 35.3 Å². The highest BCUT2D eigenvalue weighted by Crippen LogP contribution is 2.27. The van der Waals surface area contributed by atoms with E-state index in [1.54, 1.807) is 42.5 Å². The molecular weight excluding hydrogens is 442 g/mol. The first-order valence-electron chi connectivity index (χ1n) is 11.3. The van der Waals surface area contributed by atoms with Crippen molar-refractivity contribution in [3.63, 3.8) is 0 Å². The van der Waals surface area contributed by atoms with E-state index >= 15 is 0 Å². The zero-order valence-corrected chi connectivity index (χ0v) is 20.2. The highest BCUT2D eigenvalue weighted by molar-refractivity contribution is 6.07. The number of benzene rings is 3. The number of nitrogens with two attached hydrogens (primary N) is 2. The minimum absolute atomic E-state index is 0.211. The number of hydrogen-bond donors (Lipinski definition) is 3. The molecule has 182 valence electrons. The lowest BCUT2D eigenvalue weighted by Gasteiger charge is -2.16. The largest absolute Gasteiger partial charge is 0.496 e. The van der Waals surface area contributed by atoms with Crippen LogP contribution in [-0.4, -0.2) is 18.8 Å². The molecular formula is C28H31N3O4. The Bertz CT molecular complexity index is 1220. The molecule has 3 aromatic carbocycles. The fourth-order valence-electron chi connectivity index (χ4n) is 3.58. The van der Waals surface area contributed by atoms with Gasteiger partial charge >= 0.3 is 0 Å². The Labute approximate surface area is 205 Å². The van der Waals surface area contributed by atoms with Gasteiger partial charge in [-0.1, -0.05) is 44.2 Å². The number of ether oxygens (including phenoxy) is 2. The second kappa shape index (κ2) is 11.7. The third kappa shape index (κ3) is 7.11. The molecule has 1 amide bonds. The van der Waals surface area contributed by atoms with Gasteiger partial charge in [0.15, 0.2) is 5.78 Å². The van der Waals surface area contributed by atoms with Crippen molar-refractivity contribution in [2.45, 2.75) is 26.9 Å². The van der Waals surface area contributed by atoms with Gasteiger partial charge in [0.1, 0.15) is 18.1 Å². The van der Waals surface area contributed by atoms with Crippen LogP contribution >= 0.6 is 0 Å². The summed E-state index contributed by atoms with van der Waals surface area (Å²) in [5, 5.41) is 3.28. The van der Waals surface area contributed by atoms with Gasteiger partial charge in [-0.25, -0.2) is 0 Å². The molecule has 0 unspecified atom stereocenters. The van der Waals surface area contributed by atoms with Gasteiger partial charge in [-0.05, 0) is 42.2 Å². The van der Waals surface area contributed by atoms with Crippen LogP contribution in [0.3, 0.4) is 0 Å². The lowest BCUT2D eigenvalue weighted by Crippen LogP contribution is -2.13. The Kier molecular flexibility index (Phi) is 8.51. The van der Waals surface area contributed by atoms with Crippen LogP contribution in [-0.2, 0) is 6.61 Å². The van der Waals surface area contributed by atoms with E-state index in [1.807, 2.05) is 30.3 Å². The molecule has 0 radical (unpaired) electrons. The maximum absolute atomic E-state index is 13.3. The number of carbonyl (C=O) groups excluding carboxylic acids is 2. The number of primary amides is 1. The number of nitrogen functional groups attached to an aromatic ring is 1. The Morgan fingerprint density at radius 1 is 0.971 bits per heavy atom. The predicted octanol–water partition coefficient (Wildman–Crippen LogP) is 5.18. The van der Waals surface area contributed by atoms with Gasteiger partial charge in [-0.2, -0.15) is 0 Å². The fraction of sp³-hybridized carbons (Fsp3) is 0.214. The molecule has 0 aliphatic rings. The van der Waals surface area contributed by atoms with Gasteiger partial charge < -0.3 is 26.3 Å². The van der Waals surface area contributed by atoms with Gasteiger partial charge in [0.25, 0.3) is 5.91 Å². The van der Waals surface area contributed by atoms with Crippen molar-refractivity contribution >= 4 is 23.1 Å². The molecule has 0 aromatic heterocycles. The molecule has 0 atom stereocenters. The monoisotopic (exact) mass is 473 g/mol.